The Morgan fingerprint density at radius 3 is 2.16 bits per heavy atom. The number of nitrogens with zero attached hydrogens (tertiary/aromatic N) is 8. The molecule has 2 atom stereocenters. The van der Waals surface area contributed by atoms with Crippen LogP contribution in [0.1, 0.15) is 38.3 Å². The van der Waals surface area contributed by atoms with Crippen molar-refractivity contribution in [3.05, 3.63) is 113 Å². The number of aromatic nitrogens is 6. The van der Waals surface area contributed by atoms with Gasteiger partial charge < -0.3 is 24.0 Å². The van der Waals surface area contributed by atoms with Gasteiger partial charge in [-0.15, -0.1) is 0 Å². The molecule has 2 aliphatic rings. The summed E-state index contributed by atoms with van der Waals surface area (Å²) >= 11 is 0. The SMILES string of the molecule is CCC(CC)n1ncn(-c2ccc(N3CCN(c4ccc(OC[C@H]5COC(Cn6cncn6)(c6ccc(F)cc6F)O5)cc4)CC3)cc2)c1=O. The van der Waals surface area contributed by atoms with Crippen LogP contribution in [0.4, 0.5) is 20.2 Å². The molecule has 0 bridgehead atoms. The highest BCUT2D eigenvalue weighted by Gasteiger charge is 2.46. The predicted octanol–water partition coefficient (Wildman–Crippen LogP) is 4.94. The van der Waals surface area contributed by atoms with Crippen LogP contribution in [0.15, 0.2) is 90.5 Å². The molecule has 3 aromatic carbocycles. The van der Waals surface area contributed by atoms with E-state index >= 15 is 0 Å². The molecule has 0 N–H and O–H groups in total. The Hall–Kier alpha value is -5.08. The van der Waals surface area contributed by atoms with Crippen molar-refractivity contribution in [2.24, 2.45) is 0 Å². The molecule has 0 amide bonds. The van der Waals surface area contributed by atoms with Crippen molar-refractivity contribution >= 4 is 11.4 Å². The first kappa shape index (κ1) is 33.4. The molecule has 7 rings (SSSR count). The molecule has 2 saturated heterocycles. The van der Waals surface area contributed by atoms with E-state index in [1.165, 1.54) is 29.5 Å². The number of hydrogen-bond acceptors (Lipinski definition) is 9. The zero-order valence-electron chi connectivity index (χ0n) is 28.1. The molecule has 0 radical (unpaired) electrons. The van der Waals surface area contributed by atoms with Gasteiger partial charge in [-0.25, -0.2) is 32.5 Å². The van der Waals surface area contributed by atoms with Gasteiger partial charge in [-0.3, -0.25) is 0 Å². The smallest absolute Gasteiger partial charge is 0.350 e. The second kappa shape index (κ2) is 14.4. The van der Waals surface area contributed by atoms with Crippen molar-refractivity contribution in [3.63, 3.8) is 0 Å². The van der Waals surface area contributed by atoms with Crippen molar-refractivity contribution in [2.45, 2.75) is 51.2 Å². The first-order valence-electron chi connectivity index (χ1n) is 16.9. The fraction of sp³-hybridized carbons (Fsp3) is 0.389. The number of hydrogen-bond donors (Lipinski definition) is 0. The van der Waals surface area contributed by atoms with Crippen molar-refractivity contribution < 1.29 is 23.0 Å². The molecule has 4 heterocycles. The average Bonchev–Trinajstić information content (AvgIpc) is 3.90. The highest BCUT2D eigenvalue weighted by Crippen LogP contribution is 2.38. The maximum absolute atomic E-state index is 14.9. The molecule has 0 spiro atoms. The van der Waals surface area contributed by atoms with Gasteiger partial charge >= 0.3 is 5.69 Å². The first-order chi connectivity index (χ1) is 24.4. The van der Waals surface area contributed by atoms with E-state index in [1.54, 1.807) is 15.6 Å². The number of ether oxygens (including phenoxy) is 3. The van der Waals surface area contributed by atoms with Crippen LogP contribution in [0.2, 0.25) is 0 Å². The van der Waals surface area contributed by atoms with Crippen LogP contribution in [0.5, 0.6) is 5.75 Å². The van der Waals surface area contributed by atoms with Gasteiger partial charge in [0, 0.05) is 49.2 Å². The Balaban J connectivity index is 0.924. The molecule has 5 aromatic rings. The Bertz CT molecular complexity index is 1920. The average molecular weight is 687 g/mol. The highest BCUT2D eigenvalue weighted by molar-refractivity contribution is 5.54. The van der Waals surface area contributed by atoms with E-state index in [1.807, 2.05) is 36.4 Å². The number of halogens is 2. The first-order valence-corrected chi connectivity index (χ1v) is 16.9. The van der Waals surface area contributed by atoms with Crippen LogP contribution in [0.25, 0.3) is 5.69 Å². The summed E-state index contributed by atoms with van der Waals surface area (Å²) in [6.45, 7) is 7.91. The number of piperazine rings is 1. The molecular formula is C36H40F2N8O4. The van der Waals surface area contributed by atoms with Crippen LogP contribution in [0.3, 0.4) is 0 Å². The molecule has 2 aromatic heterocycles. The van der Waals surface area contributed by atoms with Crippen molar-refractivity contribution in [1.29, 1.82) is 0 Å². The number of benzene rings is 3. The lowest BCUT2D eigenvalue weighted by atomic mass is 10.0. The van der Waals surface area contributed by atoms with Gasteiger partial charge in [0.05, 0.1) is 18.3 Å². The minimum Gasteiger partial charge on any atom is -0.491 e. The van der Waals surface area contributed by atoms with Crippen molar-refractivity contribution in [1.82, 2.24) is 29.1 Å². The van der Waals surface area contributed by atoms with E-state index in [4.69, 9.17) is 14.2 Å². The topological polar surface area (TPSA) is 105 Å². The Kier molecular flexibility index (Phi) is 9.63. The van der Waals surface area contributed by atoms with E-state index in [-0.39, 0.29) is 37.1 Å². The monoisotopic (exact) mass is 686 g/mol. The number of rotatable bonds is 12. The minimum absolute atomic E-state index is 0.0334. The lowest BCUT2D eigenvalue weighted by Crippen LogP contribution is -2.46. The maximum Gasteiger partial charge on any atom is 0.350 e. The summed E-state index contributed by atoms with van der Waals surface area (Å²) in [6.07, 6.45) is 5.67. The largest absolute Gasteiger partial charge is 0.491 e. The molecule has 2 aliphatic heterocycles. The third-order valence-corrected chi connectivity index (χ3v) is 9.43. The standard InChI is InChI=1S/C36H40F2N8O4/c1-3-27(4-2)46-35(47)45(25-41-46)30-8-6-28(7-9-30)42-15-17-43(18-16-42)29-10-12-31(13-11-29)48-20-32-21-49-36(50-32,22-44-24-39-23-40-44)33-14-5-26(37)19-34(33)38/h5-14,19,23-25,27,32H,3-4,15-18,20-22H2,1-2H3/t32-,36?/m0/s1. The zero-order valence-corrected chi connectivity index (χ0v) is 28.1. The molecule has 262 valence electrons. The highest BCUT2D eigenvalue weighted by atomic mass is 19.1. The third kappa shape index (κ3) is 6.85. The molecule has 2 fully saturated rings. The molecule has 14 heteroatoms. The van der Waals surface area contributed by atoms with Gasteiger partial charge in [0.1, 0.15) is 55.6 Å². The van der Waals surface area contributed by atoms with Gasteiger partial charge in [0.25, 0.3) is 0 Å². The Morgan fingerprint density at radius 1 is 0.880 bits per heavy atom. The number of anilines is 2. The van der Waals surface area contributed by atoms with E-state index in [2.05, 4.69) is 51.0 Å². The van der Waals surface area contributed by atoms with E-state index in [0.29, 0.717) is 5.75 Å². The van der Waals surface area contributed by atoms with Gasteiger partial charge in [-0.1, -0.05) is 13.8 Å². The normalized spacial score (nSPS) is 19.4. The summed E-state index contributed by atoms with van der Waals surface area (Å²) in [6, 6.07) is 19.4. The summed E-state index contributed by atoms with van der Waals surface area (Å²) in [5, 5.41) is 8.46. The lowest BCUT2D eigenvalue weighted by Gasteiger charge is -2.37. The third-order valence-electron chi connectivity index (χ3n) is 9.43. The Morgan fingerprint density at radius 2 is 1.54 bits per heavy atom. The van der Waals surface area contributed by atoms with Gasteiger partial charge in [-0.05, 0) is 73.5 Å². The van der Waals surface area contributed by atoms with Crippen molar-refractivity contribution in [3.8, 4) is 11.4 Å². The summed E-state index contributed by atoms with van der Waals surface area (Å²) in [5.74, 6) is -2.30. The van der Waals surface area contributed by atoms with E-state index in [0.717, 1.165) is 62.1 Å². The van der Waals surface area contributed by atoms with Crippen LogP contribution < -0.4 is 20.2 Å². The Labute approximate surface area is 288 Å². The molecular weight excluding hydrogens is 646 g/mol. The van der Waals surface area contributed by atoms with E-state index in [9.17, 15) is 13.6 Å². The second-order valence-corrected chi connectivity index (χ2v) is 12.5. The molecule has 1 unspecified atom stereocenters. The fourth-order valence-electron chi connectivity index (χ4n) is 6.65. The lowest BCUT2D eigenvalue weighted by molar-refractivity contribution is -0.192. The summed E-state index contributed by atoms with van der Waals surface area (Å²) < 4.78 is 51.5. The zero-order chi connectivity index (χ0) is 34.7. The molecule has 12 nitrogen and oxygen atoms in total. The molecule has 0 saturated carbocycles. The van der Waals surface area contributed by atoms with Crippen LogP contribution in [0, 0.1) is 11.6 Å². The molecule has 0 aliphatic carbocycles. The fourth-order valence-corrected chi connectivity index (χ4v) is 6.65. The second-order valence-electron chi connectivity index (χ2n) is 12.5. The molecule has 50 heavy (non-hydrogen) atoms. The summed E-state index contributed by atoms with van der Waals surface area (Å²) in [5.41, 5.74) is 2.98. The predicted molar refractivity (Wildman–Crippen MR) is 183 cm³/mol. The van der Waals surface area contributed by atoms with E-state index < -0.39 is 23.5 Å². The quantitative estimate of drug-likeness (QED) is 0.181. The van der Waals surface area contributed by atoms with Gasteiger partial charge in [0.15, 0.2) is 0 Å². The summed E-state index contributed by atoms with van der Waals surface area (Å²) in [7, 11) is 0. The minimum atomic E-state index is -1.51. The van der Waals surface area contributed by atoms with Crippen LogP contribution >= 0.6 is 0 Å². The maximum atomic E-state index is 14.9. The van der Waals surface area contributed by atoms with Crippen molar-refractivity contribution in [2.75, 3.05) is 49.2 Å². The van der Waals surface area contributed by atoms with Gasteiger partial charge in [0.2, 0.25) is 5.79 Å². The summed E-state index contributed by atoms with van der Waals surface area (Å²) in [4.78, 5) is 21.6. The van der Waals surface area contributed by atoms with Gasteiger partial charge in [-0.2, -0.15) is 10.2 Å². The van der Waals surface area contributed by atoms with Crippen LogP contribution in [-0.4, -0.2) is 74.6 Å². The van der Waals surface area contributed by atoms with Crippen LogP contribution in [-0.2, 0) is 21.8 Å².